The monoisotopic (exact) mass is 329 g/mol. The average Bonchev–Trinajstić information content (AvgIpc) is 3.30. The molecule has 3 aromatic rings. The number of methoxy groups -OCH3 is 1. The number of ether oxygens (including phenoxy) is 2. The maximum Gasteiger partial charge on any atom is 0.226 e. The average molecular weight is 330 g/mol. The number of rotatable bonds is 4. The lowest BCUT2D eigenvalue weighted by molar-refractivity contribution is 0.301. The van der Waals surface area contributed by atoms with Crippen molar-refractivity contribution >= 4 is 22.5 Å². The van der Waals surface area contributed by atoms with Gasteiger partial charge >= 0.3 is 0 Å². The number of aromatic nitrogens is 3. The Morgan fingerprint density at radius 3 is 2.83 bits per heavy atom. The summed E-state index contributed by atoms with van der Waals surface area (Å²) < 4.78 is 13.6. The fourth-order valence-electron chi connectivity index (χ4n) is 2.73. The zero-order valence-corrected chi connectivity index (χ0v) is 13.7. The molecule has 0 N–H and O–H groups in total. The second-order valence-electron chi connectivity index (χ2n) is 5.67. The van der Waals surface area contributed by atoms with E-state index < -0.39 is 0 Å². The Morgan fingerprint density at radius 1 is 1.26 bits per heavy atom. The van der Waals surface area contributed by atoms with Crippen molar-refractivity contribution in [2.75, 3.05) is 7.11 Å². The summed E-state index contributed by atoms with van der Waals surface area (Å²) in [7, 11) is 3.61. The van der Waals surface area contributed by atoms with Crippen LogP contribution in [-0.2, 0) is 7.05 Å². The first-order valence-corrected chi connectivity index (χ1v) is 7.86. The lowest BCUT2D eigenvalue weighted by Gasteiger charge is -2.14. The lowest BCUT2D eigenvalue weighted by atomic mass is 10.1. The second kappa shape index (κ2) is 5.42. The van der Waals surface area contributed by atoms with Crippen LogP contribution in [0, 0.1) is 0 Å². The maximum atomic E-state index is 6.05. The van der Waals surface area contributed by atoms with Crippen LogP contribution in [0.2, 0.25) is 5.15 Å². The van der Waals surface area contributed by atoms with Crippen molar-refractivity contribution in [2.24, 2.45) is 7.05 Å². The Morgan fingerprint density at radius 2 is 2.09 bits per heavy atom. The molecule has 0 spiro atoms. The number of hydrogen-bond donors (Lipinski definition) is 0. The van der Waals surface area contributed by atoms with Gasteiger partial charge in [0.2, 0.25) is 5.88 Å². The van der Waals surface area contributed by atoms with E-state index in [-0.39, 0.29) is 0 Å². The van der Waals surface area contributed by atoms with E-state index >= 15 is 0 Å². The molecule has 0 radical (unpaired) electrons. The van der Waals surface area contributed by atoms with E-state index in [9.17, 15) is 0 Å². The second-order valence-corrected chi connectivity index (χ2v) is 6.05. The van der Waals surface area contributed by atoms with Crippen LogP contribution in [0.1, 0.15) is 12.8 Å². The number of hydrogen-bond acceptors (Lipinski definition) is 4. The van der Waals surface area contributed by atoms with Crippen LogP contribution in [-0.4, -0.2) is 27.7 Å². The first-order chi connectivity index (χ1) is 11.2. The van der Waals surface area contributed by atoms with E-state index in [0.29, 0.717) is 17.1 Å². The van der Waals surface area contributed by atoms with Gasteiger partial charge in [-0.25, -0.2) is 9.97 Å². The van der Waals surface area contributed by atoms with Gasteiger partial charge in [-0.3, -0.25) is 0 Å². The molecule has 5 nitrogen and oxygen atoms in total. The maximum absolute atomic E-state index is 6.05. The molecule has 0 amide bonds. The third-order valence-electron chi connectivity index (χ3n) is 4.04. The summed E-state index contributed by atoms with van der Waals surface area (Å²) in [5, 5.41) is 1.49. The summed E-state index contributed by atoms with van der Waals surface area (Å²) in [6, 6.07) is 5.80. The van der Waals surface area contributed by atoms with Crippen molar-refractivity contribution in [3.05, 3.63) is 35.7 Å². The smallest absolute Gasteiger partial charge is 0.226 e. The third-order valence-corrected chi connectivity index (χ3v) is 4.25. The van der Waals surface area contributed by atoms with Gasteiger partial charge in [0.25, 0.3) is 0 Å². The van der Waals surface area contributed by atoms with Crippen LogP contribution in [0.15, 0.2) is 30.6 Å². The molecule has 1 aliphatic carbocycles. The number of halogens is 1. The van der Waals surface area contributed by atoms with Gasteiger partial charge in [0, 0.05) is 18.6 Å². The molecular formula is C17H16ClN3O2. The molecule has 3 heterocycles. The minimum Gasteiger partial charge on any atom is -0.489 e. The Labute approximate surface area is 138 Å². The largest absolute Gasteiger partial charge is 0.489 e. The van der Waals surface area contributed by atoms with Gasteiger partial charge in [0.15, 0.2) is 0 Å². The Kier molecular flexibility index (Phi) is 3.38. The van der Waals surface area contributed by atoms with Crippen LogP contribution in [0.5, 0.6) is 11.6 Å². The van der Waals surface area contributed by atoms with Gasteiger partial charge in [-0.05, 0) is 31.0 Å². The molecule has 0 atom stereocenters. The first-order valence-electron chi connectivity index (χ1n) is 7.48. The molecule has 1 saturated carbocycles. The molecule has 23 heavy (non-hydrogen) atoms. The Hall–Kier alpha value is -2.27. The number of nitrogens with zero attached hydrogens (tertiary/aromatic N) is 3. The van der Waals surface area contributed by atoms with Crippen LogP contribution in [0.3, 0.4) is 0 Å². The summed E-state index contributed by atoms with van der Waals surface area (Å²) in [6.07, 6.45) is 5.97. The highest BCUT2D eigenvalue weighted by Crippen LogP contribution is 2.41. The molecule has 1 fully saturated rings. The van der Waals surface area contributed by atoms with Gasteiger partial charge in [0.1, 0.15) is 16.5 Å². The van der Waals surface area contributed by atoms with E-state index in [0.717, 1.165) is 40.8 Å². The molecule has 6 heteroatoms. The van der Waals surface area contributed by atoms with E-state index in [4.69, 9.17) is 21.1 Å². The fraction of sp³-hybridized carbons (Fsp3) is 0.294. The highest BCUT2D eigenvalue weighted by molar-refractivity contribution is 6.30. The van der Waals surface area contributed by atoms with Crippen LogP contribution in [0.4, 0.5) is 0 Å². The fourth-order valence-corrected chi connectivity index (χ4v) is 2.89. The quantitative estimate of drug-likeness (QED) is 0.682. The lowest BCUT2D eigenvalue weighted by Crippen LogP contribution is -2.02. The highest BCUT2D eigenvalue weighted by atomic mass is 35.5. The molecule has 0 aromatic carbocycles. The Bertz CT molecular complexity index is 887. The normalized spacial score (nSPS) is 14.2. The molecule has 1 aliphatic rings. The summed E-state index contributed by atoms with van der Waals surface area (Å²) in [4.78, 5) is 8.50. The van der Waals surface area contributed by atoms with Crippen molar-refractivity contribution in [2.45, 2.75) is 18.9 Å². The van der Waals surface area contributed by atoms with E-state index in [1.54, 1.807) is 19.5 Å². The van der Waals surface area contributed by atoms with Gasteiger partial charge in [-0.15, -0.1) is 0 Å². The number of pyridine rings is 2. The summed E-state index contributed by atoms with van der Waals surface area (Å²) in [5.41, 5.74) is 2.81. The van der Waals surface area contributed by atoms with Gasteiger partial charge < -0.3 is 14.0 Å². The summed E-state index contributed by atoms with van der Waals surface area (Å²) >= 11 is 6.01. The van der Waals surface area contributed by atoms with Crippen molar-refractivity contribution in [3.63, 3.8) is 0 Å². The van der Waals surface area contributed by atoms with Gasteiger partial charge in [0.05, 0.1) is 30.6 Å². The minimum atomic E-state index is 0.298. The zero-order valence-electron chi connectivity index (χ0n) is 12.9. The number of fused-ring (bicyclic) bond motifs is 1. The predicted octanol–water partition coefficient (Wildman–Crippen LogP) is 3.84. The topological polar surface area (TPSA) is 49.2 Å². The van der Waals surface area contributed by atoms with E-state index in [2.05, 4.69) is 20.6 Å². The molecule has 0 saturated heterocycles. The van der Waals surface area contributed by atoms with Crippen LogP contribution in [0.25, 0.3) is 22.2 Å². The molecule has 4 rings (SSSR count). The van der Waals surface area contributed by atoms with Crippen molar-refractivity contribution in [1.29, 1.82) is 0 Å². The third kappa shape index (κ3) is 2.51. The highest BCUT2D eigenvalue weighted by Gasteiger charge is 2.27. The van der Waals surface area contributed by atoms with E-state index in [1.807, 2.05) is 19.2 Å². The molecule has 118 valence electrons. The van der Waals surface area contributed by atoms with Gasteiger partial charge in [-0.2, -0.15) is 0 Å². The van der Waals surface area contributed by atoms with Crippen LogP contribution < -0.4 is 9.47 Å². The summed E-state index contributed by atoms with van der Waals surface area (Å²) in [5.74, 6) is 1.34. The van der Waals surface area contributed by atoms with Gasteiger partial charge in [-0.1, -0.05) is 11.6 Å². The SMILES string of the molecule is COc1nccc(OC2CC2)c1-c1cc2cc(Cl)ncc2n1C. The minimum absolute atomic E-state index is 0.298. The molecular weight excluding hydrogens is 314 g/mol. The molecule has 3 aromatic heterocycles. The van der Waals surface area contributed by atoms with Crippen molar-refractivity contribution < 1.29 is 9.47 Å². The zero-order chi connectivity index (χ0) is 16.0. The first kappa shape index (κ1) is 14.3. The van der Waals surface area contributed by atoms with Crippen molar-refractivity contribution in [1.82, 2.24) is 14.5 Å². The van der Waals surface area contributed by atoms with Crippen molar-refractivity contribution in [3.8, 4) is 22.9 Å². The molecule has 0 unspecified atom stereocenters. The van der Waals surface area contributed by atoms with E-state index in [1.165, 1.54) is 0 Å². The summed E-state index contributed by atoms with van der Waals surface area (Å²) in [6.45, 7) is 0. The Balaban J connectivity index is 1.93. The number of aryl methyl sites for hydroxylation is 1. The molecule has 0 bridgehead atoms. The molecule has 0 aliphatic heterocycles. The van der Waals surface area contributed by atoms with Crippen LogP contribution >= 0.6 is 11.6 Å². The predicted molar refractivity (Wildman–Crippen MR) is 89.2 cm³/mol. The standard InChI is InChI=1S/C17H16ClN3O2/c1-21-12(7-10-8-15(18)20-9-13(10)21)16-14(23-11-3-4-11)5-6-19-17(16)22-2/h5-9,11H,3-4H2,1-2H3.